The van der Waals surface area contributed by atoms with Crippen LogP contribution in [0.1, 0.15) is 39.4 Å². The van der Waals surface area contributed by atoms with Gasteiger partial charge in [0.05, 0.1) is 42.4 Å². The summed E-state index contributed by atoms with van der Waals surface area (Å²) in [5.41, 5.74) is -0.0607. The molecule has 0 saturated carbocycles. The number of carbonyl (C=O) groups is 2. The molecule has 4 rings (SSSR count). The molecule has 0 fully saturated rings. The molecule has 32 heavy (non-hydrogen) atoms. The summed E-state index contributed by atoms with van der Waals surface area (Å²) in [6.07, 6.45) is -0.271. The van der Waals surface area contributed by atoms with Crippen LogP contribution in [0.4, 0.5) is 24.5 Å². The second-order valence-electron chi connectivity index (χ2n) is 7.19. The first-order chi connectivity index (χ1) is 15.2. The first-order valence-corrected chi connectivity index (χ1v) is 9.56. The average Bonchev–Trinajstić information content (AvgIpc) is 3.22. The SMILES string of the molecule is COc1cnccc1NC(=O)c1cnn2c1C(=O)N(c1ccc(C(F)(F)F)cc1)CC2C. The fourth-order valence-corrected chi connectivity index (χ4v) is 3.52. The number of hydrogen-bond donors (Lipinski definition) is 1. The van der Waals surface area contributed by atoms with Gasteiger partial charge in [0.15, 0.2) is 5.75 Å². The van der Waals surface area contributed by atoms with E-state index >= 15 is 0 Å². The Morgan fingerprint density at radius 1 is 1.19 bits per heavy atom. The van der Waals surface area contributed by atoms with Gasteiger partial charge in [-0.1, -0.05) is 0 Å². The Labute approximate surface area is 180 Å². The van der Waals surface area contributed by atoms with Crippen molar-refractivity contribution in [1.29, 1.82) is 0 Å². The maximum atomic E-state index is 13.2. The fraction of sp³-hybridized carbons (Fsp3) is 0.238. The van der Waals surface area contributed by atoms with E-state index in [1.54, 1.807) is 13.0 Å². The summed E-state index contributed by atoms with van der Waals surface area (Å²) < 4.78 is 45.3. The van der Waals surface area contributed by atoms with E-state index in [1.165, 1.54) is 47.4 Å². The monoisotopic (exact) mass is 445 g/mol. The number of ether oxygens (including phenoxy) is 1. The van der Waals surface area contributed by atoms with E-state index in [1.807, 2.05) is 0 Å². The van der Waals surface area contributed by atoms with Crippen LogP contribution in [-0.2, 0) is 6.18 Å². The van der Waals surface area contributed by atoms with Crippen molar-refractivity contribution in [2.75, 3.05) is 23.9 Å². The van der Waals surface area contributed by atoms with Crippen molar-refractivity contribution in [3.63, 3.8) is 0 Å². The van der Waals surface area contributed by atoms with Crippen LogP contribution in [0.3, 0.4) is 0 Å². The number of anilines is 2. The number of aromatic nitrogens is 3. The number of hydrogen-bond acceptors (Lipinski definition) is 5. The van der Waals surface area contributed by atoms with Gasteiger partial charge in [-0.05, 0) is 37.3 Å². The number of nitrogens with one attached hydrogen (secondary N) is 1. The predicted octanol–water partition coefficient (Wildman–Crippen LogP) is 3.78. The van der Waals surface area contributed by atoms with Gasteiger partial charge in [-0.2, -0.15) is 18.3 Å². The van der Waals surface area contributed by atoms with Crippen molar-refractivity contribution < 1.29 is 27.5 Å². The molecule has 0 radical (unpaired) electrons. The summed E-state index contributed by atoms with van der Waals surface area (Å²) in [6, 6.07) is 5.56. The molecule has 2 amide bonds. The summed E-state index contributed by atoms with van der Waals surface area (Å²) >= 11 is 0. The Bertz CT molecular complexity index is 1170. The van der Waals surface area contributed by atoms with Crippen LogP contribution in [0.25, 0.3) is 0 Å². The number of amides is 2. The zero-order valence-corrected chi connectivity index (χ0v) is 17.1. The average molecular weight is 445 g/mol. The van der Waals surface area contributed by atoms with E-state index in [-0.39, 0.29) is 23.8 Å². The third kappa shape index (κ3) is 3.77. The Kier molecular flexibility index (Phi) is 5.33. The highest BCUT2D eigenvalue weighted by Gasteiger charge is 2.36. The van der Waals surface area contributed by atoms with E-state index in [4.69, 9.17) is 4.74 Å². The number of benzene rings is 1. The molecule has 1 unspecified atom stereocenters. The number of carbonyl (C=O) groups excluding carboxylic acids is 2. The second-order valence-corrected chi connectivity index (χ2v) is 7.19. The first kappa shape index (κ1) is 21.3. The highest BCUT2D eigenvalue weighted by Crippen LogP contribution is 2.33. The Hall–Kier alpha value is -3.89. The molecule has 0 spiro atoms. The van der Waals surface area contributed by atoms with Crippen LogP contribution in [0, 0.1) is 0 Å². The zero-order valence-electron chi connectivity index (χ0n) is 17.1. The third-order valence-electron chi connectivity index (χ3n) is 5.11. The molecule has 2 aromatic heterocycles. The van der Waals surface area contributed by atoms with Gasteiger partial charge < -0.3 is 15.0 Å². The van der Waals surface area contributed by atoms with E-state index < -0.39 is 23.6 Å². The molecule has 166 valence electrons. The van der Waals surface area contributed by atoms with Crippen LogP contribution in [-0.4, -0.2) is 40.2 Å². The number of rotatable bonds is 4. The molecular formula is C21H18F3N5O3. The zero-order chi connectivity index (χ0) is 23.0. The molecule has 11 heteroatoms. The van der Waals surface area contributed by atoms with Crippen LogP contribution in [0.5, 0.6) is 5.75 Å². The minimum absolute atomic E-state index is 0.0392. The number of methoxy groups -OCH3 is 1. The number of fused-ring (bicyclic) bond motifs is 1. The quantitative estimate of drug-likeness (QED) is 0.660. The van der Waals surface area contributed by atoms with Crippen LogP contribution >= 0.6 is 0 Å². The van der Waals surface area contributed by atoms with Gasteiger partial charge in [-0.15, -0.1) is 0 Å². The molecule has 0 saturated heterocycles. The standard InChI is InChI=1S/C21H18F3N5O3/c1-12-11-28(14-5-3-13(4-6-14)21(22,23)24)20(31)18-15(9-26-29(12)18)19(30)27-16-7-8-25-10-17(16)32-2/h3-10,12H,11H2,1-2H3,(H,25,27,30). The maximum absolute atomic E-state index is 13.2. The molecule has 8 nitrogen and oxygen atoms in total. The molecule has 0 aliphatic carbocycles. The highest BCUT2D eigenvalue weighted by atomic mass is 19.4. The van der Waals surface area contributed by atoms with Crippen molar-refractivity contribution in [2.24, 2.45) is 0 Å². The lowest BCUT2D eigenvalue weighted by molar-refractivity contribution is -0.137. The maximum Gasteiger partial charge on any atom is 0.416 e. The Balaban J connectivity index is 1.65. The predicted molar refractivity (Wildman–Crippen MR) is 109 cm³/mol. The van der Waals surface area contributed by atoms with Gasteiger partial charge in [-0.3, -0.25) is 19.3 Å². The molecule has 3 aromatic rings. The van der Waals surface area contributed by atoms with Crippen molar-refractivity contribution in [2.45, 2.75) is 19.1 Å². The summed E-state index contributed by atoms with van der Waals surface area (Å²) in [6.45, 7) is 1.99. The van der Waals surface area contributed by atoms with E-state index in [9.17, 15) is 22.8 Å². The molecule has 1 aliphatic rings. The van der Waals surface area contributed by atoms with Crippen molar-refractivity contribution in [1.82, 2.24) is 14.8 Å². The smallest absolute Gasteiger partial charge is 0.416 e. The van der Waals surface area contributed by atoms with E-state index in [2.05, 4.69) is 15.4 Å². The Morgan fingerprint density at radius 3 is 2.56 bits per heavy atom. The normalized spacial score (nSPS) is 16.0. The summed E-state index contributed by atoms with van der Waals surface area (Å²) in [7, 11) is 1.43. The molecule has 1 aliphatic heterocycles. The molecular weight excluding hydrogens is 427 g/mol. The topological polar surface area (TPSA) is 89.3 Å². The van der Waals surface area contributed by atoms with Crippen LogP contribution in [0.2, 0.25) is 0 Å². The lowest BCUT2D eigenvalue weighted by atomic mass is 10.1. The van der Waals surface area contributed by atoms with E-state index in [0.717, 1.165) is 12.1 Å². The second kappa shape index (κ2) is 7.98. The molecule has 0 bridgehead atoms. The van der Waals surface area contributed by atoms with Gasteiger partial charge in [0.25, 0.3) is 11.8 Å². The highest BCUT2D eigenvalue weighted by molar-refractivity contribution is 6.15. The van der Waals surface area contributed by atoms with Crippen LogP contribution < -0.4 is 15.0 Å². The molecule has 1 atom stereocenters. The Morgan fingerprint density at radius 2 is 1.91 bits per heavy atom. The largest absolute Gasteiger partial charge is 0.493 e. The van der Waals surface area contributed by atoms with Gasteiger partial charge >= 0.3 is 6.18 Å². The first-order valence-electron chi connectivity index (χ1n) is 9.56. The summed E-state index contributed by atoms with van der Waals surface area (Å²) in [5.74, 6) is -0.772. The van der Waals surface area contributed by atoms with Crippen LogP contribution in [0.15, 0.2) is 48.9 Å². The molecule has 3 heterocycles. The van der Waals surface area contributed by atoms with Crippen molar-refractivity contribution in [3.05, 3.63) is 65.7 Å². The van der Waals surface area contributed by atoms with Crippen molar-refractivity contribution >= 4 is 23.2 Å². The van der Waals surface area contributed by atoms with Gasteiger partial charge in [0.1, 0.15) is 5.69 Å². The lowest BCUT2D eigenvalue weighted by Crippen LogP contribution is -2.43. The van der Waals surface area contributed by atoms with Gasteiger partial charge in [-0.25, -0.2) is 0 Å². The summed E-state index contributed by atoms with van der Waals surface area (Å²) in [4.78, 5) is 31.4. The molecule has 1 N–H and O–H groups in total. The fourth-order valence-electron chi connectivity index (χ4n) is 3.52. The minimum atomic E-state index is -4.48. The van der Waals surface area contributed by atoms with Gasteiger partial charge in [0.2, 0.25) is 0 Å². The van der Waals surface area contributed by atoms with Gasteiger partial charge in [0, 0.05) is 18.4 Å². The third-order valence-corrected chi connectivity index (χ3v) is 5.11. The van der Waals surface area contributed by atoms with Crippen molar-refractivity contribution in [3.8, 4) is 5.75 Å². The summed E-state index contributed by atoms with van der Waals surface area (Å²) in [5, 5.41) is 6.86. The number of pyridine rings is 1. The number of nitrogens with zero attached hydrogens (tertiary/aromatic N) is 4. The minimum Gasteiger partial charge on any atom is -0.493 e. The lowest BCUT2D eigenvalue weighted by Gasteiger charge is -2.32. The van der Waals surface area contributed by atoms with E-state index in [0.29, 0.717) is 17.1 Å². The number of alkyl halides is 3. The molecule has 1 aromatic carbocycles. The number of halogens is 3.